The average molecular weight is 1240 g/mol. The smallest absolute Gasteiger partial charge is 0.415 e. The van der Waals surface area contributed by atoms with Crippen LogP contribution >= 0.6 is 0 Å². The number of imide groups is 1. The van der Waals surface area contributed by atoms with Gasteiger partial charge in [-0.2, -0.15) is 0 Å². The van der Waals surface area contributed by atoms with E-state index in [1.165, 1.54) is 21.7 Å². The number of hydrogen-bond acceptors (Lipinski definition) is 18. The molecule has 9 amide bonds. The lowest BCUT2D eigenvalue weighted by Gasteiger charge is -2.33. The van der Waals surface area contributed by atoms with Crippen molar-refractivity contribution in [2.45, 2.75) is 117 Å². The van der Waals surface area contributed by atoms with Crippen molar-refractivity contribution < 1.29 is 66.8 Å². The van der Waals surface area contributed by atoms with Crippen molar-refractivity contribution in [2.24, 2.45) is 17.6 Å². The zero-order chi connectivity index (χ0) is 64.9. The molecule has 5 heterocycles. The van der Waals surface area contributed by atoms with E-state index in [1.54, 1.807) is 81.8 Å². The van der Waals surface area contributed by atoms with Gasteiger partial charge in [0, 0.05) is 82.3 Å². The molecule has 482 valence electrons. The molecular formula is C62H84N12O15. The Labute approximate surface area is 517 Å². The van der Waals surface area contributed by atoms with E-state index in [0.29, 0.717) is 71.6 Å². The molecule has 2 unspecified atom stereocenters. The third-order valence-electron chi connectivity index (χ3n) is 16.4. The number of pyridine rings is 2. The number of hydrazine groups is 1. The number of nitrogens with zero attached hydrogens (tertiary/aromatic N) is 7. The molecule has 2 aromatic carbocycles. The van der Waals surface area contributed by atoms with Crippen LogP contribution in [-0.2, 0) is 74.5 Å². The Bertz CT molecular complexity index is 3350. The molecule has 4 aromatic rings. The molecule has 4 atom stereocenters. The number of rotatable bonds is 29. The third kappa shape index (κ3) is 16.5. The molecule has 3 aliphatic heterocycles. The molecule has 27 nitrogen and oxygen atoms in total. The number of nitrogens with one attached hydrogen (secondary N) is 4. The number of aromatic nitrogens is 2. The van der Waals surface area contributed by atoms with E-state index >= 15 is 0 Å². The fourth-order valence-electron chi connectivity index (χ4n) is 10.6. The number of fused-ring (bicyclic) bond motifs is 5. The van der Waals surface area contributed by atoms with Crippen LogP contribution in [-0.4, -0.2) is 187 Å². The fraction of sp³-hybridized carbons (Fsp3) is 0.532. The van der Waals surface area contributed by atoms with Crippen molar-refractivity contribution in [1.29, 1.82) is 0 Å². The number of urea groups is 1. The summed E-state index contributed by atoms with van der Waals surface area (Å²) in [5.74, 6) is -3.15. The van der Waals surface area contributed by atoms with Crippen molar-refractivity contribution in [2.75, 3.05) is 92.6 Å². The maximum absolute atomic E-state index is 14.2. The van der Waals surface area contributed by atoms with Crippen molar-refractivity contribution in [3.8, 4) is 17.1 Å². The molecule has 3 aliphatic rings. The number of aryl methyl sites for hydroxylation is 1. The van der Waals surface area contributed by atoms with Crippen LogP contribution in [0.1, 0.15) is 101 Å². The molecule has 89 heavy (non-hydrogen) atoms. The van der Waals surface area contributed by atoms with Crippen LogP contribution in [0.15, 0.2) is 53.3 Å². The SMILES string of the molecule is CCc1c2c(nc3ccc(OC(=O)N(CCOCCOC(=O)N(C)CCN(C)C)CCN(C)C(=O)OCc4ccc(NC(=O)[C@H](CCCNC(N)=O)NC(=O)[C@@H](NN5C(=O)CC(CC)C5=O)C(C)C)cc4)cc13)-c1cc3c(c(=O)n1C2)COC(=O)C3(C)CC. The molecule has 1 saturated heterocycles. The van der Waals surface area contributed by atoms with Gasteiger partial charge in [0.15, 0.2) is 0 Å². The monoisotopic (exact) mass is 1240 g/mol. The maximum atomic E-state index is 14.2. The number of carbonyl (C=O) groups is 9. The highest BCUT2D eigenvalue weighted by molar-refractivity contribution is 6.03. The molecule has 7 rings (SSSR count). The number of carbonyl (C=O) groups excluding carboxylic acids is 9. The van der Waals surface area contributed by atoms with Crippen LogP contribution in [0.5, 0.6) is 5.75 Å². The van der Waals surface area contributed by atoms with E-state index in [1.807, 2.05) is 38.9 Å². The second kappa shape index (κ2) is 30.5. The molecule has 27 heteroatoms. The Kier molecular flexibility index (Phi) is 23.2. The summed E-state index contributed by atoms with van der Waals surface area (Å²) < 4.78 is 30.0. The molecule has 1 fully saturated rings. The molecule has 6 N–H and O–H groups in total. The minimum atomic E-state index is -1.12. The van der Waals surface area contributed by atoms with Crippen molar-refractivity contribution in [3.63, 3.8) is 0 Å². The highest BCUT2D eigenvalue weighted by Gasteiger charge is 2.44. The Hall–Kier alpha value is -8.69. The second-order valence-electron chi connectivity index (χ2n) is 23.2. The summed E-state index contributed by atoms with van der Waals surface area (Å²) in [5, 5.41) is 9.60. The molecule has 2 aromatic heterocycles. The lowest BCUT2D eigenvalue weighted by molar-refractivity contribution is -0.153. The van der Waals surface area contributed by atoms with Crippen molar-refractivity contribution >= 4 is 70.5 Å². The van der Waals surface area contributed by atoms with Gasteiger partial charge in [-0.15, -0.1) is 0 Å². The van der Waals surface area contributed by atoms with Crippen LogP contribution in [0, 0.1) is 11.8 Å². The number of esters is 1. The van der Waals surface area contributed by atoms with Gasteiger partial charge < -0.3 is 69.5 Å². The third-order valence-corrected chi connectivity index (χ3v) is 16.4. The second-order valence-corrected chi connectivity index (χ2v) is 23.2. The average Bonchev–Trinajstić information content (AvgIpc) is 1.65. The number of hydrogen-bond donors (Lipinski definition) is 5. The molecule has 0 saturated carbocycles. The Morgan fingerprint density at radius 3 is 2.19 bits per heavy atom. The summed E-state index contributed by atoms with van der Waals surface area (Å²) >= 11 is 0. The highest BCUT2D eigenvalue weighted by atomic mass is 16.6. The summed E-state index contributed by atoms with van der Waals surface area (Å²) in [4.78, 5) is 143. The predicted octanol–water partition coefficient (Wildman–Crippen LogP) is 4.61. The zero-order valence-electron chi connectivity index (χ0n) is 52.5. The van der Waals surface area contributed by atoms with Crippen LogP contribution in [0.3, 0.4) is 0 Å². The predicted molar refractivity (Wildman–Crippen MR) is 327 cm³/mol. The molecule has 0 spiro atoms. The number of nitrogens with two attached hydrogens (primary N) is 1. The van der Waals surface area contributed by atoms with E-state index in [9.17, 15) is 47.9 Å². The van der Waals surface area contributed by atoms with Gasteiger partial charge in [0.1, 0.15) is 37.7 Å². The summed E-state index contributed by atoms with van der Waals surface area (Å²) in [7, 11) is 6.95. The summed E-state index contributed by atoms with van der Waals surface area (Å²) in [6.45, 7) is 12.2. The first kappa shape index (κ1) is 67.8. The van der Waals surface area contributed by atoms with E-state index in [-0.39, 0.29) is 102 Å². The number of likely N-dealkylation sites (N-methyl/N-ethyl adjacent to an activating group) is 3. The zero-order valence-corrected chi connectivity index (χ0v) is 52.5. The number of benzene rings is 2. The normalized spacial score (nSPS) is 16.5. The van der Waals surface area contributed by atoms with Gasteiger partial charge in [-0.05, 0) is 112 Å². The van der Waals surface area contributed by atoms with Gasteiger partial charge in [0.25, 0.3) is 5.56 Å². The first-order chi connectivity index (χ1) is 42.4. The lowest BCUT2D eigenvalue weighted by Crippen LogP contribution is -2.58. The van der Waals surface area contributed by atoms with Crippen LogP contribution < -0.4 is 37.4 Å². The Balaban J connectivity index is 0.983. The fourth-order valence-corrected chi connectivity index (χ4v) is 10.6. The largest absolute Gasteiger partial charge is 0.460 e. The number of cyclic esters (lactones) is 1. The first-order valence-corrected chi connectivity index (χ1v) is 30.1. The highest BCUT2D eigenvalue weighted by Crippen LogP contribution is 2.42. The Morgan fingerprint density at radius 1 is 0.831 bits per heavy atom. The van der Waals surface area contributed by atoms with E-state index in [2.05, 4.69) is 21.4 Å². The van der Waals surface area contributed by atoms with Gasteiger partial charge in [0.05, 0.1) is 47.6 Å². The van der Waals surface area contributed by atoms with E-state index < -0.39 is 77.3 Å². The standard InChI is InChI=1S/C62H84N12O15/c1-11-39-31-50(75)74(55(39)78)68-51(37(4)5)54(77)67-48(15-14-22-64-58(63)81)53(76)65-40-18-16-38(17-19-40)35-88-60(83)71(10)25-26-72(27-28-85-29-30-86-59(82)70(9)24-23-69(7)8)61(84)89-41-20-21-47-43(32-41)42(12-2)44-34-73-49(52(44)66-47)33-46-45(56(73)79)36-87-57(80)62(46,6)13-3/h16-21,32-33,37,39,48,51,68H,11-15,22-31,34-36H2,1-10H3,(H,65,76)(H,67,77)(H3,63,64,81)/t39?,48-,51-,62?/m0/s1. The molecule has 0 bridgehead atoms. The minimum absolute atomic E-state index is 0.00269. The quantitative estimate of drug-likeness (QED) is 0.0189. The Morgan fingerprint density at radius 2 is 1.54 bits per heavy atom. The number of anilines is 1. The minimum Gasteiger partial charge on any atom is -0.460 e. The number of amides is 9. The van der Waals surface area contributed by atoms with Crippen LogP contribution in [0.2, 0.25) is 0 Å². The topological polar surface area (TPSA) is 325 Å². The number of ether oxygens (including phenoxy) is 5. The van der Waals surface area contributed by atoms with Gasteiger partial charge >= 0.3 is 30.3 Å². The summed E-state index contributed by atoms with van der Waals surface area (Å²) in [6.07, 6.45) is -0.127. The maximum Gasteiger partial charge on any atom is 0.415 e. The number of primary amides is 1. The summed E-state index contributed by atoms with van der Waals surface area (Å²) in [6, 6.07) is 10.5. The van der Waals surface area contributed by atoms with Crippen molar-refractivity contribution in [1.82, 2.24) is 50.2 Å². The van der Waals surface area contributed by atoms with Gasteiger partial charge in [-0.3, -0.25) is 28.8 Å². The van der Waals surface area contributed by atoms with Crippen LogP contribution in [0.4, 0.5) is 24.9 Å². The van der Waals surface area contributed by atoms with Gasteiger partial charge in [-0.25, -0.2) is 34.6 Å². The lowest BCUT2D eigenvalue weighted by atomic mass is 9.76. The molecule has 0 aliphatic carbocycles. The summed E-state index contributed by atoms with van der Waals surface area (Å²) in [5.41, 5.74) is 12.4. The molecule has 0 radical (unpaired) electrons. The molecular weight excluding hydrogens is 1150 g/mol. The van der Waals surface area contributed by atoms with E-state index in [0.717, 1.165) is 21.5 Å². The first-order valence-electron chi connectivity index (χ1n) is 30.1. The van der Waals surface area contributed by atoms with Gasteiger partial charge in [0.2, 0.25) is 23.6 Å². The van der Waals surface area contributed by atoms with Crippen LogP contribution in [0.25, 0.3) is 22.3 Å². The van der Waals surface area contributed by atoms with Gasteiger partial charge in [-0.1, -0.05) is 46.8 Å². The van der Waals surface area contributed by atoms with Crippen molar-refractivity contribution in [3.05, 3.63) is 86.7 Å². The van der Waals surface area contributed by atoms with E-state index in [4.69, 9.17) is 34.4 Å².